The van der Waals surface area contributed by atoms with Crippen LogP contribution >= 0.6 is 0 Å². The summed E-state index contributed by atoms with van der Waals surface area (Å²) in [5, 5.41) is 12.0. The summed E-state index contributed by atoms with van der Waals surface area (Å²) in [6.45, 7) is 4.93. The Morgan fingerprint density at radius 2 is 1.97 bits per heavy atom. The first-order valence-corrected chi connectivity index (χ1v) is 11.7. The van der Waals surface area contributed by atoms with Crippen LogP contribution in [0.3, 0.4) is 0 Å². The first-order chi connectivity index (χ1) is 17.0. The molecule has 1 aromatic carbocycles. The summed E-state index contributed by atoms with van der Waals surface area (Å²) < 4.78 is 5.33. The van der Waals surface area contributed by atoms with Gasteiger partial charge in [-0.25, -0.2) is 14.8 Å². The normalized spacial score (nSPS) is 16.2. The predicted octanol–water partition coefficient (Wildman–Crippen LogP) is 2.10. The molecule has 0 radical (unpaired) electrons. The number of methoxy groups -OCH3 is 1. The molecule has 35 heavy (non-hydrogen) atoms. The average molecular weight is 477 g/mol. The van der Waals surface area contributed by atoms with Gasteiger partial charge in [0.25, 0.3) is 0 Å². The van der Waals surface area contributed by atoms with E-state index >= 15 is 0 Å². The molecular formula is C25H32N8O2. The predicted molar refractivity (Wildman–Crippen MR) is 136 cm³/mol. The minimum atomic E-state index is -0.491. The second-order valence-electron chi connectivity index (χ2n) is 8.60. The average Bonchev–Trinajstić information content (AvgIpc) is 2.88. The maximum Gasteiger partial charge on any atom is 0.321 e. The molecule has 2 heterocycles. The Balaban J connectivity index is 1.29. The lowest BCUT2D eigenvalue weighted by Gasteiger charge is -2.34. The largest absolute Gasteiger partial charge is 0.497 e. The van der Waals surface area contributed by atoms with Crippen molar-refractivity contribution >= 4 is 23.5 Å². The maximum atomic E-state index is 11.6. The molecular weight excluding hydrogens is 444 g/mol. The van der Waals surface area contributed by atoms with E-state index in [4.69, 9.17) is 15.9 Å². The number of carbonyl (C=O) groups is 1. The lowest BCUT2D eigenvalue weighted by molar-refractivity contribution is 0.246. The van der Waals surface area contributed by atoms with Crippen molar-refractivity contribution in [2.75, 3.05) is 44.7 Å². The highest BCUT2D eigenvalue weighted by Gasteiger charge is 2.19. The second-order valence-corrected chi connectivity index (χ2v) is 8.60. The van der Waals surface area contributed by atoms with Crippen molar-refractivity contribution < 1.29 is 9.53 Å². The van der Waals surface area contributed by atoms with E-state index in [1.165, 1.54) is 5.56 Å². The van der Waals surface area contributed by atoms with Gasteiger partial charge in [0.05, 0.1) is 7.11 Å². The van der Waals surface area contributed by atoms with E-state index in [0.717, 1.165) is 74.0 Å². The molecule has 0 unspecified atom stereocenters. The SMILES string of the molecule is COc1cccc(CN2CCN(c3ncc(C4=CC(CNC(=O)NC(=N)N)=CCC4)cn3)CC2)c1. The van der Waals surface area contributed by atoms with Crippen LogP contribution < -0.4 is 26.0 Å². The molecule has 10 nitrogen and oxygen atoms in total. The molecule has 0 spiro atoms. The number of rotatable bonds is 7. The van der Waals surface area contributed by atoms with E-state index in [1.54, 1.807) is 7.11 Å². The molecule has 0 saturated carbocycles. The van der Waals surface area contributed by atoms with Crippen molar-refractivity contribution in [1.82, 2.24) is 25.5 Å². The van der Waals surface area contributed by atoms with Crippen molar-refractivity contribution in [3.8, 4) is 5.75 Å². The van der Waals surface area contributed by atoms with Crippen LogP contribution in [0.5, 0.6) is 5.75 Å². The van der Waals surface area contributed by atoms with Gasteiger partial charge in [-0.3, -0.25) is 15.6 Å². The van der Waals surface area contributed by atoms with Crippen LogP contribution in [0.4, 0.5) is 10.7 Å². The number of allylic oxidation sites excluding steroid dienone is 2. The Morgan fingerprint density at radius 1 is 1.20 bits per heavy atom. The molecule has 1 saturated heterocycles. The molecule has 2 aliphatic rings. The monoisotopic (exact) mass is 476 g/mol. The van der Waals surface area contributed by atoms with Crippen LogP contribution in [0.25, 0.3) is 5.57 Å². The number of nitrogens with zero attached hydrogens (tertiary/aromatic N) is 4. The smallest absolute Gasteiger partial charge is 0.321 e. The third-order valence-corrected chi connectivity index (χ3v) is 6.09. The summed E-state index contributed by atoms with van der Waals surface area (Å²) in [6, 6.07) is 7.73. The van der Waals surface area contributed by atoms with Crippen molar-refractivity contribution in [3.05, 3.63) is 65.5 Å². The molecule has 0 atom stereocenters. The maximum absolute atomic E-state index is 11.6. The number of piperazine rings is 1. The zero-order valence-electron chi connectivity index (χ0n) is 20.0. The Labute approximate surface area is 205 Å². The Bertz CT molecular complexity index is 1100. The van der Waals surface area contributed by atoms with Crippen LogP contribution in [-0.4, -0.2) is 66.7 Å². The van der Waals surface area contributed by atoms with Crippen molar-refractivity contribution in [3.63, 3.8) is 0 Å². The van der Waals surface area contributed by atoms with Crippen LogP contribution in [0.15, 0.2) is 54.4 Å². The fourth-order valence-electron chi connectivity index (χ4n) is 4.25. The van der Waals surface area contributed by atoms with Crippen LogP contribution in [0, 0.1) is 5.41 Å². The minimum Gasteiger partial charge on any atom is -0.497 e. The molecule has 1 aliphatic carbocycles. The number of hydrogen-bond acceptors (Lipinski definition) is 7. The molecule has 4 rings (SSSR count). The number of carbonyl (C=O) groups excluding carboxylic acids is 1. The molecule has 5 N–H and O–H groups in total. The quantitative estimate of drug-likeness (QED) is 0.355. The van der Waals surface area contributed by atoms with Crippen molar-refractivity contribution in [2.45, 2.75) is 19.4 Å². The van der Waals surface area contributed by atoms with Crippen LogP contribution in [-0.2, 0) is 6.54 Å². The van der Waals surface area contributed by atoms with Gasteiger partial charge in [-0.05, 0) is 41.7 Å². The van der Waals surface area contributed by atoms with Crippen molar-refractivity contribution in [2.24, 2.45) is 5.73 Å². The fourth-order valence-corrected chi connectivity index (χ4v) is 4.25. The molecule has 1 fully saturated rings. The standard InChI is InChI=1S/C25H32N8O2/c1-35-22-7-3-5-19(13-22)17-32-8-10-33(11-9-32)24-28-15-21(16-29-24)20-6-2-4-18(12-20)14-30-25(34)31-23(26)27/h3-5,7,12-13,15-16H,2,6,8-11,14,17H2,1H3,(H5,26,27,30,31,34). The lowest BCUT2D eigenvalue weighted by Crippen LogP contribution is -2.46. The van der Waals surface area contributed by atoms with Gasteiger partial charge in [-0.1, -0.05) is 24.3 Å². The summed E-state index contributed by atoms with van der Waals surface area (Å²) in [5.74, 6) is 1.26. The van der Waals surface area contributed by atoms with E-state index in [9.17, 15) is 4.79 Å². The summed E-state index contributed by atoms with van der Waals surface area (Å²) in [5.41, 5.74) is 9.56. The highest BCUT2D eigenvalue weighted by molar-refractivity contribution is 5.93. The molecule has 1 aromatic heterocycles. The van der Waals surface area contributed by atoms with E-state index in [1.807, 2.05) is 24.5 Å². The van der Waals surface area contributed by atoms with E-state index < -0.39 is 6.03 Å². The minimum absolute atomic E-state index is 0.363. The van der Waals surface area contributed by atoms with Gasteiger partial charge in [0.2, 0.25) is 5.95 Å². The molecule has 184 valence electrons. The lowest BCUT2D eigenvalue weighted by atomic mass is 9.95. The van der Waals surface area contributed by atoms with Crippen molar-refractivity contribution in [1.29, 1.82) is 5.41 Å². The zero-order valence-corrected chi connectivity index (χ0v) is 20.0. The van der Waals surface area contributed by atoms with Gasteiger partial charge in [0, 0.05) is 57.2 Å². The number of anilines is 1. The highest BCUT2D eigenvalue weighted by atomic mass is 16.5. The highest BCUT2D eigenvalue weighted by Crippen LogP contribution is 2.26. The fraction of sp³-hybridized carbons (Fsp3) is 0.360. The van der Waals surface area contributed by atoms with E-state index in [2.05, 4.69) is 54.7 Å². The number of amides is 2. The topological polar surface area (TPSA) is 132 Å². The number of nitrogens with two attached hydrogens (primary N) is 1. The Hall–Kier alpha value is -3.92. The number of guanidine groups is 1. The number of benzene rings is 1. The summed E-state index contributed by atoms with van der Waals surface area (Å²) >= 11 is 0. The number of ether oxygens (including phenoxy) is 1. The Kier molecular flexibility index (Phi) is 7.94. The molecule has 0 bridgehead atoms. The zero-order chi connectivity index (χ0) is 24.6. The molecule has 1 aliphatic heterocycles. The van der Waals surface area contributed by atoms with Gasteiger partial charge in [0.15, 0.2) is 5.96 Å². The summed E-state index contributed by atoms with van der Waals surface area (Å²) in [7, 11) is 1.69. The molecule has 10 heteroatoms. The first kappa shape index (κ1) is 24.2. The number of urea groups is 1. The second kappa shape index (κ2) is 11.5. The number of hydrogen-bond donors (Lipinski definition) is 4. The van der Waals surface area contributed by atoms with Crippen LogP contribution in [0.2, 0.25) is 0 Å². The number of aromatic nitrogens is 2. The van der Waals surface area contributed by atoms with Crippen LogP contribution in [0.1, 0.15) is 24.0 Å². The van der Waals surface area contributed by atoms with Gasteiger partial charge >= 0.3 is 6.03 Å². The van der Waals surface area contributed by atoms with Gasteiger partial charge in [-0.15, -0.1) is 0 Å². The van der Waals surface area contributed by atoms with Gasteiger partial charge in [0.1, 0.15) is 5.75 Å². The first-order valence-electron chi connectivity index (χ1n) is 11.7. The Morgan fingerprint density at radius 3 is 2.69 bits per heavy atom. The summed E-state index contributed by atoms with van der Waals surface area (Å²) in [4.78, 5) is 25.6. The summed E-state index contributed by atoms with van der Waals surface area (Å²) in [6.07, 6.45) is 9.71. The van der Waals surface area contributed by atoms with E-state index in [0.29, 0.717) is 6.54 Å². The number of nitrogens with one attached hydrogen (secondary N) is 3. The van der Waals surface area contributed by atoms with E-state index in [-0.39, 0.29) is 5.96 Å². The molecule has 2 aromatic rings. The van der Waals surface area contributed by atoms with Gasteiger partial charge < -0.3 is 20.7 Å². The third kappa shape index (κ3) is 6.80. The third-order valence-electron chi connectivity index (χ3n) is 6.09. The molecule has 2 amide bonds. The van der Waals surface area contributed by atoms with Gasteiger partial charge in [-0.2, -0.15) is 0 Å².